The number of ether oxygens (including phenoxy) is 1. The summed E-state index contributed by atoms with van der Waals surface area (Å²) in [4.78, 5) is 26.8. The lowest BCUT2D eigenvalue weighted by Crippen LogP contribution is -2.37. The quantitative estimate of drug-likeness (QED) is 0.592. The van der Waals surface area contributed by atoms with E-state index in [1.807, 2.05) is 4.90 Å². The number of halogens is 1. The van der Waals surface area contributed by atoms with Crippen LogP contribution in [0.2, 0.25) is 0 Å². The van der Waals surface area contributed by atoms with Gasteiger partial charge in [-0.15, -0.1) is 0 Å². The average Bonchev–Trinajstić information content (AvgIpc) is 3.40. The summed E-state index contributed by atoms with van der Waals surface area (Å²) in [6, 6.07) is 4.62. The molecule has 2 N–H and O–H groups in total. The molecule has 1 amide bonds. The van der Waals surface area contributed by atoms with Crippen LogP contribution in [0.3, 0.4) is 0 Å². The molecule has 3 aliphatic rings. The SMILES string of the molecule is Cn1cc2c(n1)C(=O)N(C1CC1)CCOc1ccc(F)cc1[C@H]1CCCN1c1nc-2cnc1N. The molecule has 10 heteroatoms. The molecule has 2 aromatic heterocycles. The van der Waals surface area contributed by atoms with E-state index in [9.17, 15) is 9.18 Å². The molecule has 3 aromatic rings. The van der Waals surface area contributed by atoms with Gasteiger partial charge in [0.25, 0.3) is 5.91 Å². The number of fused-ring (bicyclic) bond motifs is 8. The molecule has 2 fully saturated rings. The van der Waals surface area contributed by atoms with Gasteiger partial charge in [0, 0.05) is 31.4 Å². The summed E-state index contributed by atoms with van der Waals surface area (Å²) in [5, 5.41) is 4.48. The molecule has 2 bridgehead atoms. The predicted molar refractivity (Wildman–Crippen MR) is 124 cm³/mol. The summed E-state index contributed by atoms with van der Waals surface area (Å²) in [7, 11) is 1.78. The first-order valence-corrected chi connectivity index (χ1v) is 11.7. The number of nitrogen functional groups attached to an aromatic ring is 1. The zero-order valence-electron chi connectivity index (χ0n) is 18.9. The van der Waals surface area contributed by atoms with Crippen molar-refractivity contribution in [1.82, 2.24) is 24.6 Å². The van der Waals surface area contributed by atoms with Crippen LogP contribution in [0.5, 0.6) is 5.75 Å². The van der Waals surface area contributed by atoms with Gasteiger partial charge in [0.1, 0.15) is 18.2 Å². The van der Waals surface area contributed by atoms with E-state index in [1.54, 1.807) is 30.2 Å². The van der Waals surface area contributed by atoms with E-state index in [0.29, 0.717) is 48.2 Å². The third-order valence-electron chi connectivity index (χ3n) is 6.78. The Balaban J connectivity index is 1.53. The first-order valence-electron chi connectivity index (χ1n) is 11.7. The number of hydrogen-bond donors (Lipinski definition) is 1. The maximum Gasteiger partial charge on any atom is 0.275 e. The summed E-state index contributed by atoms with van der Waals surface area (Å²) in [6.07, 6.45) is 7.00. The van der Waals surface area contributed by atoms with E-state index in [-0.39, 0.29) is 29.6 Å². The summed E-state index contributed by atoms with van der Waals surface area (Å²) >= 11 is 0. The number of aryl methyl sites for hydroxylation is 1. The first-order chi connectivity index (χ1) is 16.5. The molecule has 6 rings (SSSR count). The molecule has 4 heterocycles. The number of nitrogens with two attached hydrogens (primary N) is 1. The third-order valence-corrected chi connectivity index (χ3v) is 6.78. The molecule has 0 radical (unpaired) electrons. The van der Waals surface area contributed by atoms with Crippen LogP contribution in [0.25, 0.3) is 11.3 Å². The van der Waals surface area contributed by atoms with Crippen molar-refractivity contribution < 1.29 is 13.9 Å². The number of carbonyl (C=O) groups excluding carboxylic acids is 1. The third kappa shape index (κ3) is 3.53. The molecule has 176 valence electrons. The van der Waals surface area contributed by atoms with Crippen LogP contribution in [0, 0.1) is 5.82 Å². The fourth-order valence-corrected chi connectivity index (χ4v) is 5.04. The Hall–Kier alpha value is -3.69. The fraction of sp³-hybridized carbons (Fsp3) is 0.417. The number of rotatable bonds is 1. The molecule has 1 atom stereocenters. The summed E-state index contributed by atoms with van der Waals surface area (Å²) in [5.41, 5.74) is 8.54. The van der Waals surface area contributed by atoms with Crippen molar-refractivity contribution >= 4 is 17.5 Å². The van der Waals surface area contributed by atoms with Gasteiger partial charge in [0.05, 0.1) is 30.0 Å². The Labute approximate surface area is 196 Å². The summed E-state index contributed by atoms with van der Waals surface area (Å²) in [6.45, 7) is 1.43. The van der Waals surface area contributed by atoms with E-state index in [2.05, 4.69) is 15.0 Å². The van der Waals surface area contributed by atoms with Gasteiger partial charge in [0.2, 0.25) is 0 Å². The second-order valence-electron chi connectivity index (χ2n) is 9.14. The van der Waals surface area contributed by atoms with Crippen molar-refractivity contribution in [3.63, 3.8) is 0 Å². The molecule has 0 spiro atoms. The highest BCUT2D eigenvalue weighted by Crippen LogP contribution is 2.42. The van der Waals surface area contributed by atoms with Crippen molar-refractivity contribution in [3.05, 3.63) is 47.7 Å². The standard InChI is InChI=1S/C24H26FN7O2/c1-30-13-17-18-12-27-22(26)23(28-18)32-8-2-3-19(32)16-11-14(25)4-7-20(16)34-10-9-31(15-5-6-15)24(33)21(17)29-30/h4,7,11-13,15,19H,2-3,5-6,8-10H2,1H3,(H2,26,27)/t19-/m1/s1. The lowest BCUT2D eigenvalue weighted by molar-refractivity contribution is 0.0709. The van der Waals surface area contributed by atoms with E-state index >= 15 is 0 Å². The van der Waals surface area contributed by atoms with Crippen LogP contribution < -0.4 is 15.4 Å². The Morgan fingerprint density at radius 3 is 2.85 bits per heavy atom. The van der Waals surface area contributed by atoms with Crippen LogP contribution in [0.15, 0.2) is 30.6 Å². The zero-order chi connectivity index (χ0) is 23.4. The number of nitrogens with zero attached hydrogens (tertiary/aromatic N) is 6. The average molecular weight is 464 g/mol. The molecule has 9 nitrogen and oxygen atoms in total. The Kier molecular flexibility index (Phi) is 4.89. The van der Waals surface area contributed by atoms with Gasteiger partial charge < -0.3 is 20.3 Å². The van der Waals surface area contributed by atoms with Gasteiger partial charge in [-0.05, 0) is 43.9 Å². The van der Waals surface area contributed by atoms with Gasteiger partial charge in [-0.25, -0.2) is 14.4 Å². The second-order valence-corrected chi connectivity index (χ2v) is 9.14. The molecular weight excluding hydrogens is 437 g/mol. The largest absolute Gasteiger partial charge is 0.491 e. The predicted octanol–water partition coefficient (Wildman–Crippen LogP) is 2.94. The maximum atomic E-state index is 14.3. The normalized spacial score (nSPS) is 20.3. The van der Waals surface area contributed by atoms with E-state index in [4.69, 9.17) is 15.5 Å². The Morgan fingerprint density at radius 1 is 1.18 bits per heavy atom. The maximum absolute atomic E-state index is 14.3. The Morgan fingerprint density at radius 2 is 2.03 bits per heavy atom. The van der Waals surface area contributed by atoms with Gasteiger partial charge in [-0.3, -0.25) is 9.48 Å². The molecule has 1 saturated heterocycles. The van der Waals surface area contributed by atoms with Gasteiger partial charge >= 0.3 is 0 Å². The first kappa shape index (κ1) is 20.9. The van der Waals surface area contributed by atoms with Crippen LogP contribution in [-0.2, 0) is 7.05 Å². The monoisotopic (exact) mass is 463 g/mol. The minimum absolute atomic E-state index is 0.143. The van der Waals surface area contributed by atoms with E-state index in [0.717, 1.165) is 31.2 Å². The minimum atomic E-state index is -0.321. The number of amides is 1. The van der Waals surface area contributed by atoms with E-state index in [1.165, 1.54) is 12.1 Å². The van der Waals surface area contributed by atoms with Crippen molar-refractivity contribution in [2.75, 3.05) is 30.3 Å². The van der Waals surface area contributed by atoms with Gasteiger partial charge in [-0.2, -0.15) is 5.10 Å². The van der Waals surface area contributed by atoms with Crippen LogP contribution in [-0.4, -0.2) is 56.3 Å². The van der Waals surface area contributed by atoms with Crippen molar-refractivity contribution in [1.29, 1.82) is 0 Å². The molecule has 1 aliphatic carbocycles. The second kappa shape index (κ2) is 7.96. The van der Waals surface area contributed by atoms with Crippen LogP contribution in [0.1, 0.15) is 47.8 Å². The summed E-state index contributed by atoms with van der Waals surface area (Å²) in [5.74, 6) is 0.946. The molecule has 2 aliphatic heterocycles. The van der Waals surface area contributed by atoms with Crippen LogP contribution >= 0.6 is 0 Å². The number of benzene rings is 1. The molecule has 34 heavy (non-hydrogen) atoms. The molecule has 0 unspecified atom stereocenters. The highest BCUT2D eigenvalue weighted by atomic mass is 19.1. The Bertz CT molecular complexity index is 1270. The number of aromatic nitrogens is 4. The van der Waals surface area contributed by atoms with E-state index < -0.39 is 0 Å². The lowest BCUT2D eigenvalue weighted by Gasteiger charge is -2.29. The minimum Gasteiger partial charge on any atom is -0.491 e. The number of anilines is 2. The molecular formula is C24H26FN7O2. The number of hydrogen-bond acceptors (Lipinski definition) is 7. The van der Waals surface area contributed by atoms with Crippen LogP contribution in [0.4, 0.5) is 16.0 Å². The highest BCUT2D eigenvalue weighted by Gasteiger charge is 2.37. The lowest BCUT2D eigenvalue weighted by atomic mass is 10.0. The molecule has 1 aromatic carbocycles. The topological polar surface area (TPSA) is 102 Å². The zero-order valence-corrected chi connectivity index (χ0v) is 18.9. The molecule has 1 saturated carbocycles. The smallest absolute Gasteiger partial charge is 0.275 e. The highest BCUT2D eigenvalue weighted by molar-refractivity contribution is 5.99. The van der Waals surface area contributed by atoms with Crippen molar-refractivity contribution in [2.45, 2.75) is 37.8 Å². The van der Waals surface area contributed by atoms with Gasteiger partial charge in [-0.1, -0.05) is 0 Å². The van der Waals surface area contributed by atoms with Crippen molar-refractivity contribution in [3.8, 4) is 17.0 Å². The number of carbonyl (C=O) groups is 1. The summed E-state index contributed by atoms with van der Waals surface area (Å²) < 4.78 is 22.1. The van der Waals surface area contributed by atoms with Gasteiger partial charge in [0.15, 0.2) is 17.3 Å². The van der Waals surface area contributed by atoms with Crippen molar-refractivity contribution in [2.24, 2.45) is 7.05 Å². The fourth-order valence-electron chi connectivity index (χ4n) is 5.04.